The van der Waals surface area contributed by atoms with Crippen LogP contribution in [0, 0.1) is 0 Å². The van der Waals surface area contributed by atoms with Gasteiger partial charge in [-0.15, -0.1) is 0 Å². The van der Waals surface area contributed by atoms with Crippen molar-refractivity contribution in [3.05, 3.63) is 66.0 Å². The molecule has 3 nitrogen and oxygen atoms in total. The summed E-state index contributed by atoms with van der Waals surface area (Å²) in [5.74, 6) is 1.38. The minimum atomic E-state index is -0.739. The van der Waals surface area contributed by atoms with Gasteiger partial charge in [0.05, 0.1) is 11.7 Å². The average molecular weight is 288 g/mol. The fourth-order valence-corrected chi connectivity index (χ4v) is 2.68. The highest BCUT2D eigenvalue weighted by Crippen LogP contribution is 2.19. The van der Waals surface area contributed by atoms with Crippen LogP contribution in [0.4, 0.5) is 0 Å². The summed E-state index contributed by atoms with van der Waals surface area (Å²) in [4.78, 5) is 4.44. The van der Waals surface area contributed by atoms with Crippen molar-refractivity contribution in [2.24, 2.45) is 0 Å². The maximum atomic E-state index is 11.5. The van der Waals surface area contributed by atoms with Crippen molar-refractivity contribution in [1.29, 1.82) is 0 Å². The van der Waals surface area contributed by atoms with E-state index in [-0.39, 0.29) is 6.04 Å². The van der Waals surface area contributed by atoms with Crippen molar-refractivity contribution in [3.63, 3.8) is 0 Å². The van der Waals surface area contributed by atoms with Gasteiger partial charge in [-0.25, -0.2) is 0 Å². The lowest BCUT2D eigenvalue weighted by Crippen LogP contribution is -2.27. The number of hydrogen-bond donors (Lipinski definition) is 1. The molecule has 0 aliphatic heterocycles. The number of benzene rings is 1. The van der Waals surface area contributed by atoms with Gasteiger partial charge >= 0.3 is 0 Å². The Balaban J connectivity index is 2.11. The highest BCUT2D eigenvalue weighted by Gasteiger charge is 2.14. The van der Waals surface area contributed by atoms with Gasteiger partial charge in [-0.2, -0.15) is 0 Å². The van der Waals surface area contributed by atoms with Crippen LogP contribution in [-0.2, 0) is 10.8 Å². The van der Waals surface area contributed by atoms with Gasteiger partial charge in [-0.1, -0.05) is 43.3 Å². The second-order valence-corrected chi connectivity index (χ2v) is 6.35. The van der Waals surface area contributed by atoms with E-state index >= 15 is 0 Å². The van der Waals surface area contributed by atoms with Crippen molar-refractivity contribution in [1.82, 2.24) is 10.3 Å². The zero-order valence-electron chi connectivity index (χ0n) is 11.7. The lowest BCUT2D eigenvalue weighted by Gasteiger charge is -2.18. The normalized spacial score (nSPS) is 13.8. The number of rotatable bonds is 7. The quantitative estimate of drug-likeness (QED) is 0.851. The van der Waals surface area contributed by atoms with Crippen molar-refractivity contribution < 1.29 is 4.21 Å². The van der Waals surface area contributed by atoms with Gasteiger partial charge in [0.2, 0.25) is 0 Å². The maximum Gasteiger partial charge on any atom is 0.0751 e. The van der Waals surface area contributed by atoms with Gasteiger partial charge in [-0.3, -0.25) is 9.19 Å². The minimum Gasteiger partial charge on any atom is -0.304 e. The number of aromatic nitrogens is 1. The zero-order chi connectivity index (χ0) is 14.2. The molecular formula is C16H20N2OS. The van der Waals surface area contributed by atoms with Gasteiger partial charge in [-0.05, 0) is 17.7 Å². The average Bonchev–Trinajstić information content (AvgIpc) is 2.53. The van der Waals surface area contributed by atoms with Gasteiger partial charge in [0.15, 0.2) is 0 Å². The van der Waals surface area contributed by atoms with E-state index in [1.54, 1.807) is 6.20 Å². The van der Waals surface area contributed by atoms with E-state index < -0.39 is 10.8 Å². The van der Waals surface area contributed by atoms with E-state index in [0.717, 1.165) is 12.2 Å². The maximum absolute atomic E-state index is 11.5. The summed E-state index contributed by atoms with van der Waals surface area (Å²) in [5.41, 5.74) is 2.16. The third kappa shape index (κ3) is 4.25. The monoisotopic (exact) mass is 288 g/mol. The minimum absolute atomic E-state index is 0.0475. The fraction of sp³-hybridized carbons (Fsp3) is 0.312. The summed E-state index contributed by atoms with van der Waals surface area (Å²) in [6, 6.07) is 16.2. The van der Waals surface area contributed by atoms with Crippen LogP contribution in [0.3, 0.4) is 0 Å². The van der Waals surface area contributed by atoms with Crippen LogP contribution >= 0.6 is 0 Å². The van der Waals surface area contributed by atoms with E-state index in [2.05, 4.69) is 22.4 Å². The van der Waals surface area contributed by atoms with E-state index in [9.17, 15) is 4.21 Å². The molecule has 0 radical (unpaired) electrons. The first-order valence-corrected chi connectivity index (χ1v) is 8.34. The first-order chi connectivity index (χ1) is 9.81. The Bertz CT molecular complexity index is 491. The third-order valence-corrected chi connectivity index (χ3v) is 4.42. The van der Waals surface area contributed by atoms with E-state index in [1.807, 2.05) is 43.3 Å². The van der Waals surface area contributed by atoms with Crippen LogP contribution < -0.4 is 5.32 Å². The SMILES string of the molecule is CCS(=O)CCNC(c1ccccc1)c1ccccn1. The molecule has 0 saturated carbocycles. The van der Waals surface area contributed by atoms with Gasteiger partial charge in [0.1, 0.15) is 0 Å². The third-order valence-electron chi connectivity index (χ3n) is 3.12. The molecule has 0 fully saturated rings. The molecule has 20 heavy (non-hydrogen) atoms. The molecule has 0 amide bonds. The lowest BCUT2D eigenvalue weighted by atomic mass is 10.0. The molecule has 2 rings (SSSR count). The molecule has 1 N–H and O–H groups in total. The summed E-state index contributed by atoms with van der Waals surface area (Å²) in [6.07, 6.45) is 1.80. The van der Waals surface area contributed by atoms with E-state index in [1.165, 1.54) is 5.56 Å². The molecule has 106 valence electrons. The van der Waals surface area contributed by atoms with Crippen LogP contribution in [0.5, 0.6) is 0 Å². The molecule has 1 heterocycles. The second kappa shape index (κ2) is 7.92. The molecule has 0 spiro atoms. The van der Waals surface area contributed by atoms with E-state index in [4.69, 9.17) is 0 Å². The van der Waals surface area contributed by atoms with Crippen molar-refractivity contribution >= 4 is 10.8 Å². The first-order valence-electron chi connectivity index (χ1n) is 6.85. The zero-order valence-corrected chi connectivity index (χ0v) is 12.5. The van der Waals surface area contributed by atoms with Crippen LogP contribution in [0.1, 0.15) is 24.2 Å². The molecule has 0 aliphatic rings. The molecule has 0 bridgehead atoms. The Morgan fingerprint density at radius 2 is 1.90 bits per heavy atom. The molecule has 1 aromatic carbocycles. The fourth-order valence-electron chi connectivity index (χ4n) is 2.05. The van der Waals surface area contributed by atoms with E-state index in [0.29, 0.717) is 11.5 Å². The van der Waals surface area contributed by atoms with Gasteiger partial charge in [0.25, 0.3) is 0 Å². The summed E-state index contributed by atoms with van der Waals surface area (Å²) in [6.45, 7) is 2.67. The molecule has 0 aliphatic carbocycles. The molecule has 1 aromatic heterocycles. The number of pyridine rings is 1. The predicted octanol–water partition coefficient (Wildman–Crippen LogP) is 2.53. The second-order valence-electron chi connectivity index (χ2n) is 4.49. The van der Waals surface area contributed by atoms with Crippen LogP contribution in [0.15, 0.2) is 54.7 Å². The highest BCUT2D eigenvalue weighted by molar-refractivity contribution is 7.84. The predicted molar refractivity (Wildman–Crippen MR) is 84.1 cm³/mol. The van der Waals surface area contributed by atoms with Gasteiger partial charge in [0, 0.05) is 35.0 Å². The molecule has 0 saturated heterocycles. The Kier molecular flexibility index (Phi) is 5.89. The summed E-state index contributed by atoms with van der Waals surface area (Å²) >= 11 is 0. The van der Waals surface area contributed by atoms with Crippen molar-refractivity contribution in [3.8, 4) is 0 Å². The molecule has 4 heteroatoms. The topological polar surface area (TPSA) is 42.0 Å². The summed E-state index contributed by atoms with van der Waals surface area (Å²) in [5, 5.41) is 3.46. The number of nitrogens with one attached hydrogen (secondary N) is 1. The van der Waals surface area contributed by atoms with Gasteiger partial charge < -0.3 is 5.32 Å². The number of nitrogens with zero attached hydrogens (tertiary/aromatic N) is 1. The molecule has 2 aromatic rings. The molecule has 2 atom stereocenters. The van der Waals surface area contributed by atoms with Crippen molar-refractivity contribution in [2.75, 3.05) is 18.1 Å². The van der Waals surface area contributed by atoms with Crippen LogP contribution in [-0.4, -0.2) is 27.2 Å². The molecule has 2 unspecified atom stereocenters. The largest absolute Gasteiger partial charge is 0.304 e. The van der Waals surface area contributed by atoms with Crippen LogP contribution in [0.2, 0.25) is 0 Å². The molecular weight excluding hydrogens is 268 g/mol. The lowest BCUT2D eigenvalue weighted by molar-refractivity contribution is 0.613. The van der Waals surface area contributed by atoms with Crippen molar-refractivity contribution in [2.45, 2.75) is 13.0 Å². The summed E-state index contributed by atoms with van der Waals surface area (Å²) < 4.78 is 11.5. The summed E-state index contributed by atoms with van der Waals surface area (Å²) in [7, 11) is -0.739. The Hall–Kier alpha value is -1.52. The first kappa shape index (κ1) is 14.9. The van der Waals surface area contributed by atoms with Crippen LogP contribution in [0.25, 0.3) is 0 Å². The Morgan fingerprint density at radius 3 is 2.55 bits per heavy atom. The Labute approximate surface area is 122 Å². The number of hydrogen-bond acceptors (Lipinski definition) is 3. The highest BCUT2D eigenvalue weighted by atomic mass is 32.2. The Morgan fingerprint density at radius 1 is 1.15 bits per heavy atom. The standard InChI is InChI=1S/C16H20N2OS/c1-2-20(19)13-12-18-16(14-8-4-3-5-9-14)15-10-6-7-11-17-15/h3-11,16,18H,2,12-13H2,1H3. The smallest absolute Gasteiger partial charge is 0.0751 e.